The van der Waals surface area contributed by atoms with E-state index < -0.39 is 0 Å². The number of aryl methyl sites for hydroxylation is 1. The molecule has 7 heteroatoms. The first-order valence-electron chi connectivity index (χ1n) is 12.7. The van der Waals surface area contributed by atoms with Crippen LogP contribution in [-0.4, -0.2) is 49.1 Å². The zero-order chi connectivity index (χ0) is 24.2. The Balaban J connectivity index is 1.08. The molecule has 1 amide bonds. The summed E-state index contributed by atoms with van der Waals surface area (Å²) in [6.07, 6.45) is 4.52. The van der Waals surface area contributed by atoms with Crippen molar-refractivity contribution < 1.29 is 9.53 Å². The number of hydrogen-bond acceptors (Lipinski definition) is 5. The Morgan fingerprint density at radius 1 is 1.11 bits per heavy atom. The van der Waals surface area contributed by atoms with Crippen LogP contribution in [0.2, 0.25) is 0 Å². The number of rotatable bonds is 7. The highest BCUT2D eigenvalue weighted by Crippen LogP contribution is 2.27. The predicted octanol–water partition coefficient (Wildman–Crippen LogP) is 5.64. The van der Waals surface area contributed by atoms with Gasteiger partial charge in [0.25, 0.3) is 5.91 Å². The molecule has 5 rings (SSSR count). The van der Waals surface area contributed by atoms with Crippen molar-refractivity contribution in [3.05, 3.63) is 68.5 Å². The lowest BCUT2D eigenvalue weighted by Crippen LogP contribution is -2.44. The maximum Gasteiger partial charge on any atom is 0.261 e. The fraction of sp³-hybridized carbons (Fsp3) is 0.464. The smallest absolute Gasteiger partial charge is 0.261 e. The van der Waals surface area contributed by atoms with E-state index in [1.807, 2.05) is 6.07 Å². The summed E-state index contributed by atoms with van der Waals surface area (Å²) in [7, 11) is 0. The number of likely N-dealkylation sites (tertiary alicyclic amines) is 1. The fourth-order valence-electron chi connectivity index (χ4n) is 5.00. The van der Waals surface area contributed by atoms with Crippen LogP contribution in [-0.2, 0) is 17.9 Å². The molecule has 2 saturated heterocycles. The Hall–Kier alpha value is -1.77. The van der Waals surface area contributed by atoms with Gasteiger partial charge in [-0.1, -0.05) is 45.8 Å². The van der Waals surface area contributed by atoms with Gasteiger partial charge in [0.2, 0.25) is 0 Å². The second-order valence-electron chi connectivity index (χ2n) is 9.86. The van der Waals surface area contributed by atoms with E-state index in [9.17, 15) is 4.79 Å². The van der Waals surface area contributed by atoms with Gasteiger partial charge in [0.15, 0.2) is 0 Å². The van der Waals surface area contributed by atoms with Gasteiger partial charge in [-0.3, -0.25) is 9.69 Å². The molecule has 0 spiro atoms. The molecule has 3 heterocycles. The molecule has 5 nitrogen and oxygen atoms in total. The highest BCUT2D eigenvalue weighted by Gasteiger charge is 2.22. The topological polar surface area (TPSA) is 53.6 Å². The highest BCUT2D eigenvalue weighted by atomic mass is 79.9. The number of benzene rings is 2. The van der Waals surface area contributed by atoms with Gasteiger partial charge >= 0.3 is 0 Å². The van der Waals surface area contributed by atoms with Crippen molar-refractivity contribution >= 4 is 43.3 Å². The number of carbonyl (C=O) groups is 1. The quantitative estimate of drug-likeness (QED) is 0.396. The van der Waals surface area contributed by atoms with Crippen LogP contribution in [0.3, 0.4) is 0 Å². The molecule has 0 aliphatic carbocycles. The molecule has 186 valence electrons. The van der Waals surface area contributed by atoms with Crippen LogP contribution in [0.25, 0.3) is 10.1 Å². The van der Waals surface area contributed by atoms with Crippen LogP contribution in [0.15, 0.2) is 46.9 Å². The van der Waals surface area contributed by atoms with Gasteiger partial charge in [0.1, 0.15) is 0 Å². The normalized spacial score (nSPS) is 18.2. The summed E-state index contributed by atoms with van der Waals surface area (Å²) >= 11 is 5.34. The third-order valence-electron chi connectivity index (χ3n) is 7.10. The molecule has 35 heavy (non-hydrogen) atoms. The number of carbonyl (C=O) groups excluding carboxylic acids is 1. The minimum absolute atomic E-state index is 0.0635. The van der Waals surface area contributed by atoms with Crippen molar-refractivity contribution in [1.29, 1.82) is 0 Å². The first-order chi connectivity index (χ1) is 17.0. The van der Waals surface area contributed by atoms with Crippen molar-refractivity contribution in [2.75, 3.05) is 26.2 Å². The van der Waals surface area contributed by atoms with E-state index >= 15 is 0 Å². The van der Waals surface area contributed by atoms with E-state index in [-0.39, 0.29) is 11.9 Å². The molecule has 0 unspecified atom stereocenters. The Labute approximate surface area is 220 Å². The van der Waals surface area contributed by atoms with E-state index in [1.165, 1.54) is 21.4 Å². The van der Waals surface area contributed by atoms with Gasteiger partial charge < -0.3 is 15.4 Å². The number of hydrogen-bond donors (Lipinski definition) is 2. The van der Waals surface area contributed by atoms with Crippen LogP contribution in [0.5, 0.6) is 0 Å². The lowest BCUT2D eigenvalue weighted by molar-refractivity contribution is 0.0209. The minimum Gasteiger partial charge on any atom is -0.373 e. The molecule has 2 aliphatic rings. The van der Waals surface area contributed by atoms with E-state index in [0.717, 1.165) is 73.1 Å². The molecule has 0 atom stereocenters. The Morgan fingerprint density at radius 2 is 1.91 bits per heavy atom. The lowest BCUT2D eigenvalue weighted by Gasteiger charge is -2.32. The number of nitrogens with zero attached hydrogens (tertiary/aromatic N) is 1. The number of piperidine rings is 2. The summed E-state index contributed by atoms with van der Waals surface area (Å²) in [5.41, 5.74) is 3.75. The zero-order valence-electron chi connectivity index (χ0n) is 20.3. The van der Waals surface area contributed by atoms with Crippen LogP contribution < -0.4 is 10.6 Å². The number of ether oxygens (including phenoxy) is 1. The lowest BCUT2D eigenvalue weighted by atomic mass is 10.0. The summed E-state index contributed by atoms with van der Waals surface area (Å²) < 4.78 is 8.42. The van der Waals surface area contributed by atoms with Crippen molar-refractivity contribution in [1.82, 2.24) is 15.5 Å². The molecule has 2 aromatic carbocycles. The molecule has 2 aliphatic heterocycles. The number of fused-ring (bicyclic) bond motifs is 1. The SMILES string of the molecule is Cc1ccc2sc(C(=O)NC3CCN(Cc4ccc(COC5CCNCC5)c(Br)c4)CC3)cc2c1. The summed E-state index contributed by atoms with van der Waals surface area (Å²) in [5.74, 6) is 0.0635. The van der Waals surface area contributed by atoms with Crippen LogP contribution in [0.1, 0.15) is 52.0 Å². The van der Waals surface area contributed by atoms with Crippen LogP contribution >= 0.6 is 27.3 Å². The van der Waals surface area contributed by atoms with E-state index in [1.54, 1.807) is 11.3 Å². The van der Waals surface area contributed by atoms with Gasteiger partial charge in [0.05, 0.1) is 17.6 Å². The average molecular weight is 557 g/mol. The summed E-state index contributed by atoms with van der Waals surface area (Å²) in [6.45, 7) is 7.78. The summed E-state index contributed by atoms with van der Waals surface area (Å²) in [5, 5.41) is 7.81. The Bertz CT molecular complexity index is 1170. The summed E-state index contributed by atoms with van der Waals surface area (Å²) in [4.78, 5) is 16.1. The number of thiophene rings is 1. The van der Waals surface area contributed by atoms with Crippen molar-refractivity contribution in [2.45, 2.75) is 57.9 Å². The molecule has 2 fully saturated rings. The predicted molar refractivity (Wildman–Crippen MR) is 147 cm³/mol. The van der Waals surface area contributed by atoms with Gasteiger partial charge in [-0.05, 0) is 80.4 Å². The second-order valence-corrected chi connectivity index (χ2v) is 11.8. The number of halogens is 1. The minimum atomic E-state index is 0.0635. The molecule has 2 N–H and O–H groups in total. The maximum atomic E-state index is 12.8. The van der Waals surface area contributed by atoms with Crippen molar-refractivity contribution in [3.63, 3.8) is 0 Å². The monoisotopic (exact) mass is 555 g/mol. The molecule has 1 aromatic heterocycles. The Kier molecular flexibility index (Phi) is 8.20. The van der Waals surface area contributed by atoms with Gasteiger partial charge in [-0.25, -0.2) is 0 Å². The average Bonchev–Trinajstić information content (AvgIpc) is 3.29. The van der Waals surface area contributed by atoms with Gasteiger partial charge in [0, 0.05) is 34.8 Å². The van der Waals surface area contributed by atoms with E-state index in [0.29, 0.717) is 12.7 Å². The molecular formula is C28H34BrN3O2S. The third kappa shape index (κ3) is 6.52. The van der Waals surface area contributed by atoms with E-state index in [2.05, 4.69) is 74.8 Å². The zero-order valence-corrected chi connectivity index (χ0v) is 22.7. The first kappa shape index (κ1) is 24.9. The van der Waals surface area contributed by atoms with Crippen molar-refractivity contribution in [3.8, 4) is 0 Å². The number of nitrogens with one attached hydrogen (secondary N) is 2. The molecular weight excluding hydrogens is 522 g/mol. The van der Waals surface area contributed by atoms with E-state index in [4.69, 9.17) is 4.74 Å². The summed E-state index contributed by atoms with van der Waals surface area (Å²) in [6, 6.07) is 15.3. The molecule has 0 bridgehead atoms. The maximum absolute atomic E-state index is 12.8. The van der Waals surface area contributed by atoms with Crippen molar-refractivity contribution in [2.24, 2.45) is 0 Å². The third-order valence-corrected chi connectivity index (χ3v) is 8.96. The largest absolute Gasteiger partial charge is 0.373 e. The molecule has 0 saturated carbocycles. The highest BCUT2D eigenvalue weighted by molar-refractivity contribution is 9.10. The molecule has 3 aromatic rings. The molecule has 0 radical (unpaired) electrons. The van der Waals surface area contributed by atoms with Crippen LogP contribution in [0.4, 0.5) is 0 Å². The van der Waals surface area contributed by atoms with Gasteiger partial charge in [-0.15, -0.1) is 11.3 Å². The standard InChI is InChI=1S/C28H34BrN3O2S/c1-19-2-5-26-22(14-19)16-27(35-26)28(33)31-23-8-12-32(13-9-23)17-20-3-4-21(25(29)15-20)18-34-24-6-10-30-11-7-24/h2-5,14-16,23-24,30H,6-13,17-18H2,1H3,(H,31,33). The van der Waals surface area contributed by atoms with Gasteiger partial charge in [-0.2, -0.15) is 0 Å². The number of amides is 1. The van der Waals surface area contributed by atoms with Crippen LogP contribution in [0, 0.1) is 6.92 Å². The Morgan fingerprint density at radius 3 is 2.69 bits per heavy atom. The fourth-order valence-corrected chi connectivity index (χ4v) is 6.49. The first-order valence-corrected chi connectivity index (χ1v) is 14.3. The second kappa shape index (κ2) is 11.5.